The van der Waals surface area contributed by atoms with Gasteiger partial charge in [-0.25, -0.2) is 0 Å². The van der Waals surface area contributed by atoms with Gasteiger partial charge in [0.05, 0.1) is 6.61 Å². The highest BCUT2D eigenvalue weighted by molar-refractivity contribution is 5.80. The number of allylic oxidation sites excluding steroid dienone is 1. The summed E-state index contributed by atoms with van der Waals surface area (Å²) in [7, 11) is 0. The van der Waals surface area contributed by atoms with Gasteiger partial charge >= 0.3 is 0 Å². The van der Waals surface area contributed by atoms with Gasteiger partial charge in [0.25, 0.3) is 0 Å². The second-order valence-corrected chi connectivity index (χ2v) is 3.47. The van der Waals surface area contributed by atoms with Crippen LogP contribution in [-0.2, 0) is 11.2 Å². The Hall–Kier alpha value is -1.57. The number of carbonyl (C=O) groups is 1. The van der Waals surface area contributed by atoms with E-state index in [1.807, 2.05) is 18.2 Å². The molecule has 1 aliphatic heterocycles. The molecule has 1 aliphatic rings. The molecular formula is C12H12O2. The zero-order chi connectivity index (χ0) is 9.97. The normalized spacial score (nSPS) is 14.8. The number of fused-ring (bicyclic) bond motifs is 1. The van der Waals surface area contributed by atoms with Crippen LogP contribution < -0.4 is 4.74 Å². The first kappa shape index (κ1) is 9.00. The Morgan fingerprint density at radius 2 is 2.36 bits per heavy atom. The lowest BCUT2D eigenvalue weighted by atomic mass is 10.1. The van der Waals surface area contributed by atoms with Crippen molar-refractivity contribution in [2.24, 2.45) is 0 Å². The molecule has 0 spiro atoms. The van der Waals surface area contributed by atoms with Crippen molar-refractivity contribution in [1.29, 1.82) is 0 Å². The first-order valence-electron chi connectivity index (χ1n) is 4.69. The largest absolute Gasteiger partial charge is 0.493 e. The Kier molecular flexibility index (Phi) is 2.35. The van der Waals surface area contributed by atoms with Crippen LogP contribution in [0.5, 0.6) is 5.75 Å². The van der Waals surface area contributed by atoms with Crippen LogP contribution in [-0.4, -0.2) is 12.9 Å². The Morgan fingerprint density at radius 1 is 1.50 bits per heavy atom. The van der Waals surface area contributed by atoms with Gasteiger partial charge in [0.1, 0.15) is 12.0 Å². The van der Waals surface area contributed by atoms with E-state index in [4.69, 9.17) is 4.74 Å². The van der Waals surface area contributed by atoms with Crippen molar-refractivity contribution >= 4 is 12.4 Å². The molecule has 0 bridgehead atoms. The molecule has 0 unspecified atom stereocenters. The van der Waals surface area contributed by atoms with Crippen LogP contribution in [0.15, 0.2) is 23.8 Å². The van der Waals surface area contributed by atoms with Crippen LogP contribution >= 0.6 is 0 Å². The van der Waals surface area contributed by atoms with Crippen molar-refractivity contribution in [1.82, 2.24) is 0 Å². The summed E-state index contributed by atoms with van der Waals surface area (Å²) in [5, 5.41) is 0. The van der Waals surface area contributed by atoms with Gasteiger partial charge in [-0.15, -0.1) is 0 Å². The molecule has 0 aliphatic carbocycles. The minimum Gasteiger partial charge on any atom is -0.493 e. The summed E-state index contributed by atoms with van der Waals surface area (Å²) in [5.41, 5.74) is 3.04. The Morgan fingerprint density at radius 3 is 3.14 bits per heavy atom. The Labute approximate surface area is 83.2 Å². The predicted octanol–water partition coefficient (Wildman–Crippen LogP) is 2.22. The highest BCUT2D eigenvalue weighted by Crippen LogP contribution is 2.26. The van der Waals surface area contributed by atoms with Crippen LogP contribution in [0.3, 0.4) is 0 Å². The number of carbonyl (C=O) groups excluding carboxylic acids is 1. The third-order valence-corrected chi connectivity index (χ3v) is 2.29. The summed E-state index contributed by atoms with van der Waals surface area (Å²) in [5.74, 6) is 0.978. The lowest BCUT2D eigenvalue weighted by Crippen LogP contribution is -1.85. The molecule has 0 fully saturated rings. The van der Waals surface area contributed by atoms with Crippen molar-refractivity contribution in [2.75, 3.05) is 6.61 Å². The van der Waals surface area contributed by atoms with Crippen LogP contribution in [0, 0.1) is 0 Å². The summed E-state index contributed by atoms with van der Waals surface area (Å²) in [6.45, 7) is 2.58. The summed E-state index contributed by atoms with van der Waals surface area (Å²) in [6, 6.07) is 6.01. The van der Waals surface area contributed by atoms with Gasteiger partial charge in [0.2, 0.25) is 0 Å². The fourth-order valence-corrected chi connectivity index (χ4v) is 1.59. The van der Waals surface area contributed by atoms with Gasteiger partial charge in [-0.3, -0.25) is 4.79 Å². The molecule has 0 saturated carbocycles. The molecule has 2 rings (SSSR count). The van der Waals surface area contributed by atoms with E-state index >= 15 is 0 Å². The van der Waals surface area contributed by atoms with E-state index in [-0.39, 0.29) is 0 Å². The summed E-state index contributed by atoms with van der Waals surface area (Å²) < 4.78 is 5.39. The number of hydrogen-bond acceptors (Lipinski definition) is 2. The van der Waals surface area contributed by atoms with Crippen molar-refractivity contribution in [3.05, 3.63) is 34.9 Å². The molecule has 14 heavy (non-hydrogen) atoms. The van der Waals surface area contributed by atoms with E-state index in [2.05, 4.69) is 6.07 Å². The molecule has 0 saturated heterocycles. The summed E-state index contributed by atoms with van der Waals surface area (Å²) >= 11 is 0. The smallest absolute Gasteiger partial charge is 0.145 e. The average Bonchev–Trinajstić information content (AvgIpc) is 2.64. The molecule has 0 amide bonds. The lowest BCUT2D eigenvalue weighted by molar-refractivity contribution is -0.104. The second kappa shape index (κ2) is 3.66. The molecule has 72 valence electrons. The third-order valence-electron chi connectivity index (χ3n) is 2.29. The molecule has 2 nitrogen and oxygen atoms in total. The van der Waals surface area contributed by atoms with E-state index in [0.717, 1.165) is 36.2 Å². The molecule has 0 aromatic heterocycles. The van der Waals surface area contributed by atoms with Crippen molar-refractivity contribution in [3.63, 3.8) is 0 Å². The minimum atomic E-state index is 0.740. The first-order valence-corrected chi connectivity index (χ1v) is 4.69. The number of benzene rings is 1. The monoisotopic (exact) mass is 188 g/mol. The molecule has 2 heteroatoms. The standard InChI is InChI=1S/C12H12O2/c1-9(8-13)6-10-2-3-12-11(7-10)4-5-14-12/h2-3,6-8H,4-5H2,1H3/b9-6+. The molecular weight excluding hydrogens is 176 g/mol. The highest BCUT2D eigenvalue weighted by atomic mass is 16.5. The van der Waals surface area contributed by atoms with Gasteiger partial charge in [-0.1, -0.05) is 6.07 Å². The molecule has 0 radical (unpaired) electrons. The number of ether oxygens (including phenoxy) is 1. The second-order valence-electron chi connectivity index (χ2n) is 3.47. The van der Waals surface area contributed by atoms with Gasteiger partial charge in [0.15, 0.2) is 0 Å². The number of hydrogen-bond donors (Lipinski definition) is 0. The topological polar surface area (TPSA) is 26.3 Å². The molecule has 1 aromatic carbocycles. The van der Waals surface area contributed by atoms with Gasteiger partial charge in [-0.05, 0) is 41.8 Å². The van der Waals surface area contributed by atoms with E-state index in [0.29, 0.717) is 0 Å². The molecule has 1 heterocycles. The first-order chi connectivity index (χ1) is 6.79. The van der Waals surface area contributed by atoms with E-state index < -0.39 is 0 Å². The molecule has 0 atom stereocenters. The van der Waals surface area contributed by atoms with E-state index in [1.165, 1.54) is 5.56 Å². The van der Waals surface area contributed by atoms with E-state index in [9.17, 15) is 4.79 Å². The third kappa shape index (κ3) is 1.69. The van der Waals surface area contributed by atoms with Gasteiger partial charge in [-0.2, -0.15) is 0 Å². The summed E-state index contributed by atoms with van der Waals surface area (Å²) in [6.07, 6.45) is 3.71. The fourth-order valence-electron chi connectivity index (χ4n) is 1.59. The van der Waals surface area contributed by atoms with Gasteiger partial charge < -0.3 is 4.74 Å². The zero-order valence-electron chi connectivity index (χ0n) is 8.12. The SMILES string of the molecule is C/C(C=O)=C\c1ccc2c(c1)CCO2. The average molecular weight is 188 g/mol. The zero-order valence-corrected chi connectivity index (χ0v) is 8.12. The van der Waals surface area contributed by atoms with E-state index in [1.54, 1.807) is 6.92 Å². The maximum absolute atomic E-state index is 10.4. The van der Waals surface area contributed by atoms with Gasteiger partial charge in [0, 0.05) is 6.42 Å². The maximum atomic E-state index is 10.4. The Bertz CT molecular complexity index is 391. The molecule has 1 aromatic rings. The van der Waals surface area contributed by atoms with Crippen molar-refractivity contribution in [3.8, 4) is 5.75 Å². The Balaban J connectivity index is 2.33. The number of aldehydes is 1. The van der Waals surface area contributed by atoms with Crippen LogP contribution in [0.25, 0.3) is 6.08 Å². The fraction of sp³-hybridized carbons (Fsp3) is 0.250. The summed E-state index contributed by atoms with van der Waals surface area (Å²) in [4.78, 5) is 10.4. The van der Waals surface area contributed by atoms with Crippen LogP contribution in [0.1, 0.15) is 18.1 Å². The maximum Gasteiger partial charge on any atom is 0.145 e. The quantitative estimate of drug-likeness (QED) is 0.525. The van der Waals surface area contributed by atoms with Crippen molar-refractivity contribution < 1.29 is 9.53 Å². The highest BCUT2D eigenvalue weighted by Gasteiger charge is 2.10. The van der Waals surface area contributed by atoms with Crippen LogP contribution in [0.2, 0.25) is 0 Å². The number of rotatable bonds is 2. The molecule has 0 N–H and O–H groups in total. The van der Waals surface area contributed by atoms with Crippen molar-refractivity contribution in [2.45, 2.75) is 13.3 Å². The minimum absolute atomic E-state index is 0.740. The predicted molar refractivity (Wildman–Crippen MR) is 55.4 cm³/mol. The lowest BCUT2D eigenvalue weighted by Gasteiger charge is -1.99. The van der Waals surface area contributed by atoms with Crippen LogP contribution in [0.4, 0.5) is 0 Å².